The molecule has 12 rings (SSSR count). The predicted octanol–water partition coefficient (Wildman–Crippen LogP) is 13.6. The maximum Gasteiger partial charge on any atom is 0.164 e. The molecule has 4 heteroatoms. The summed E-state index contributed by atoms with van der Waals surface area (Å²) in [6.07, 6.45) is 0. The van der Waals surface area contributed by atoms with Gasteiger partial charge in [-0.1, -0.05) is 176 Å². The zero-order valence-electron chi connectivity index (χ0n) is 32.9. The molecule has 1 aromatic heterocycles. The van der Waals surface area contributed by atoms with Gasteiger partial charge in [0.1, 0.15) is 0 Å². The lowest BCUT2D eigenvalue weighted by Crippen LogP contribution is -2.25. The van der Waals surface area contributed by atoms with Crippen LogP contribution in [0.15, 0.2) is 206 Å². The Labute approximate surface area is 353 Å². The highest BCUT2D eigenvalue weighted by Crippen LogP contribution is 2.63. The second kappa shape index (κ2) is 13.7. The van der Waals surface area contributed by atoms with Gasteiger partial charge in [0.2, 0.25) is 0 Å². The zero-order chi connectivity index (χ0) is 40.5. The first kappa shape index (κ1) is 34.8. The van der Waals surface area contributed by atoms with Crippen molar-refractivity contribution < 1.29 is 0 Å². The monoisotopic (exact) mass is 774 g/mol. The van der Waals surface area contributed by atoms with Crippen LogP contribution < -0.4 is 0 Å². The maximum atomic E-state index is 9.98. The normalized spacial score (nSPS) is 12.7. The van der Waals surface area contributed by atoms with E-state index in [1.165, 1.54) is 38.9 Å². The number of nitrogens with zero attached hydrogens (tertiary/aromatic N) is 4. The van der Waals surface area contributed by atoms with Crippen molar-refractivity contribution in [2.75, 3.05) is 0 Å². The number of hydrogen-bond donors (Lipinski definition) is 0. The van der Waals surface area contributed by atoms with E-state index in [9.17, 15) is 5.26 Å². The average Bonchev–Trinajstić information content (AvgIpc) is 3.80. The summed E-state index contributed by atoms with van der Waals surface area (Å²) < 4.78 is 0. The van der Waals surface area contributed by atoms with E-state index < -0.39 is 5.41 Å². The molecule has 10 aromatic rings. The molecule has 0 atom stereocenters. The van der Waals surface area contributed by atoms with E-state index in [1.807, 2.05) is 36.4 Å². The van der Waals surface area contributed by atoms with Gasteiger partial charge >= 0.3 is 0 Å². The maximum absolute atomic E-state index is 9.98. The molecule has 0 saturated heterocycles. The third-order valence-corrected chi connectivity index (χ3v) is 12.6. The van der Waals surface area contributed by atoms with Gasteiger partial charge in [0.15, 0.2) is 17.5 Å². The fourth-order valence-corrected chi connectivity index (χ4v) is 9.87. The highest BCUT2D eigenvalue weighted by molar-refractivity contribution is 5.97. The Bertz CT molecular complexity index is 3400. The van der Waals surface area contributed by atoms with Crippen molar-refractivity contribution in [1.82, 2.24) is 15.0 Å². The fourth-order valence-electron chi connectivity index (χ4n) is 9.87. The van der Waals surface area contributed by atoms with Crippen LogP contribution >= 0.6 is 0 Å². The Morgan fingerprint density at radius 1 is 0.328 bits per heavy atom. The number of aromatic nitrogens is 3. The topological polar surface area (TPSA) is 62.5 Å². The molecule has 0 N–H and O–H groups in total. The molecule has 282 valence electrons. The van der Waals surface area contributed by atoms with E-state index in [-0.39, 0.29) is 0 Å². The third kappa shape index (κ3) is 5.35. The molecule has 0 amide bonds. The molecule has 2 aliphatic carbocycles. The molecule has 2 aliphatic rings. The molecule has 0 aliphatic heterocycles. The smallest absolute Gasteiger partial charge is 0.164 e. The highest BCUT2D eigenvalue weighted by atomic mass is 15.0. The van der Waals surface area contributed by atoms with Gasteiger partial charge in [0, 0.05) is 16.7 Å². The van der Waals surface area contributed by atoms with Gasteiger partial charge in [-0.2, -0.15) is 5.26 Å². The van der Waals surface area contributed by atoms with Crippen LogP contribution in [-0.4, -0.2) is 15.0 Å². The number of benzene rings is 9. The van der Waals surface area contributed by atoms with Crippen molar-refractivity contribution in [2.45, 2.75) is 5.41 Å². The summed E-state index contributed by atoms with van der Waals surface area (Å²) in [4.78, 5) is 15.2. The minimum absolute atomic E-state index is 0.498. The lowest BCUT2D eigenvalue weighted by Gasteiger charge is -2.30. The average molecular weight is 775 g/mol. The van der Waals surface area contributed by atoms with Gasteiger partial charge in [0.25, 0.3) is 0 Å². The molecule has 1 heterocycles. The molecule has 0 radical (unpaired) electrons. The number of fused-ring (bicyclic) bond motifs is 11. The standard InChI is InChI=1S/C57H34N4/c58-35-36-27-30-52-49(31-36)47-29-28-42(34-53(47)57(52)50-25-8-6-22-45(50)46-23-7-9-26-51(46)57)40-18-10-17-39(32-40)41-19-11-20-43(33-41)55-59-54(38-14-2-1-3-15-38)60-56(61-55)48-24-12-16-37-13-4-5-21-44(37)48/h1-34H. The quantitative estimate of drug-likeness (QED) is 0.175. The summed E-state index contributed by atoms with van der Waals surface area (Å²) in [7, 11) is 0. The minimum atomic E-state index is -0.498. The molecule has 61 heavy (non-hydrogen) atoms. The van der Waals surface area contributed by atoms with Gasteiger partial charge in [-0.25, -0.2) is 15.0 Å². The molecule has 4 nitrogen and oxygen atoms in total. The van der Waals surface area contributed by atoms with Crippen LogP contribution in [-0.2, 0) is 5.41 Å². The van der Waals surface area contributed by atoms with Crippen LogP contribution in [0.1, 0.15) is 27.8 Å². The van der Waals surface area contributed by atoms with Crippen LogP contribution in [0.5, 0.6) is 0 Å². The summed E-state index contributed by atoms with van der Waals surface area (Å²) in [5.41, 5.74) is 17.2. The zero-order valence-corrected chi connectivity index (χ0v) is 32.9. The van der Waals surface area contributed by atoms with E-state index in [2.05, 4.69) is 176 Å². The highest BCUT2D eigenvalue weighted by Gasteiger charge is 2.51. The number of nitriles is 1. The van der Waals surface area contributed by atoms with E-state index in [1.54, 1.807) is 0 Å². The van der Waals surface area contributed by atoms with Gasteiger partial charge < -0.3 is 0 Å². The summed E-state index contributed by atoms with van der Waals surface area (Å²) in [5, 5.41) is 12.2. The molecule has 1 spiro atoms. The number of rotatable bonds is 5. The van der Waals surface area contributed by atoms with Crippen LogP contribution in [0.3, 0.4) is 0 Å². The first-order valence-corrected chi connectivity index (χ1v) is 20.6. The van der Waals surface area contributed by atoms with E-state index in [0.29, 0.717) is 23.0 Å². The lowest BCUT2D eigenvalue weighted by atomic mass is 9.70. The van der Waals surface area contributed by atoms with E-state index >= 15 is 0 Å². The summed E-state index contributed by atoms with van der Waals surface area (Å²) in [6, 6.07) is 75.2. The molecular weight excluding hydrogens is 741 g/mol. The van der Waals surface area contributed by atoms with E-state index in [4.69, 9.17) is 15.0 Å². The van der Waals surface area contributed by atoms with Crippen LogP contribution in [0.2, 0.25) is 0 Å². The van der Waals surface area contributed by atoms with E-state index in [0.717, 1.165) is 55.3 Å². The Morgan fingerprint density at radius 3 is 1.57 bits per heavy atom. The summed E-state index contributed by atoms with van der Waals surface area (Å²) >= 11 is 0. The molecule has 0 saturated carbocycles. The van der Waals surface area contributed by atoms with Crippen LogP contribution in [0.25, 0.3) is 89.4 Å². The van der Waals surface area contributed by atoms with Crippen molar-refractivity contribution in [1.29, 1.82) is 5.26 Å². The summed E-state index contributed by atoms with van der Waals surface area (Å²) in [5.74, 6) is 1.89. The first-order valence-electron chi connectivity index (χ1n) is 20.6. The van der Waals surface area contributed by atoms with Gasteiger partial charge in [0.05, 0.1) is 17.0 Å². The Hall–Kier alpha value is -8.26. The summed E-state index contributed by atoms with van der Waals surface area (Å²) in [6.45, 7) is 0. The van der Waals surface area contributed by atoms with Crippen LogP contribution in [0.4, 0.5) is 0 Å². The van der Waals surface area contributed by atoms with Gasteiger partial charge in [-0.3, -0.25) is 0 Å². The minimum Gasteiger partial charge on any atom is -0.208 e. The van der Waals surface area contributed by atoms with Gasteiger partial charge in [-0.15, -0.1) is 0 Å². The van der Waals surface area contributed by atoms with Crippen molar-refractivity contribution in [3.63, 3.8) is 0 Å². The van der Waals surface area contributed by atoms with Gasteiger partial charge in [-0.05, 0) is 108 Å². The van der Waals surface area contributed by atoms with Crippen molar-refractivity contribution in [3.05, 3.63) is 234 Å². The molecule has 0 unspecified atom stereocenters. The Balaban J connectivity index is 0.981. The second-order valence-electron chi connectivity index (χ2n) is 15.8. The molecule has 0 bridgehead atoms. The Kier molecular flexibility index (Phi) is 7.78. The largest absolute Gasteiger partial charge is 0.208 e. The Morgan fingerprint density at radius 2 is 0.836 bits per heavy atom. The molecular formula is C57H34N4. The van der Waals surface area contributed by atoms with Crippen molar-refractivity contribution >= 4 is 10.8 Å². The lowest BCUT2D eigenvalue weighted by molar-refractivity contribution is 0.794. The molecule has 0 fully saturated rings. The first-order chi connectivity index (χ1) is 30.2. The van der Waals surface area contributed by atoms with Crippen LogP contribution in [0, 0.1) is 11.3 Å². The molecule has 9 aromatic carbocycles. The van der Waals surface area contributed by atoms with Crippen molar-refractivity contribution in [2.24, 2.45) is 0 Å². The predicted molar refractivity (Wildman–Crippen MR) is 246 cm³/mol. The fraction of sp³-hybridized carbons (Fsp3) is 0.0175. The second-order valence-corrected chi connectivity index (χ2v) is 15.8. The number of hydrogen-bond acceptors (Lipinski definition) is 4. The van der Waals surface area contributed by atoms with Crippen molar-refractivity contribution in [3.8, 4) is 84.7 Å². The SMILES string of the molecule is N#Cc1ccc2c(c1)-c1ccc(-c3cccc(-c4cccc(-c5nc(-c6ccccc6)nc(-c6cccc7ccccc67)n5)c4)c3)cc1C21c2ccccc2-c2ccccc21. The third-order valence-electron chi connectivity index (χ3n) is 12.6.